The molecule has 2 heterocycles. The minimum atomic E-state index is -0.863. The van der Waals surface area contributed by atoms with Crippen LogP contribution in [0, 0.1) is 5.92 Å². The molecule has 0 radical (unpaired) electrons. The van der Waals surface area contributed by atoms with Gasteiger partial charge in [0.15, 0.2) is 6.23 Å². The van der Waals surface area contributed by atoms with Crippen LogP contribution in [-0.4, -0.2) is 37.7 Å². The number of hydrogen-bond donors (Lipinski definition) is 5. The molecule has 1 aliphatic carbocycles. The summed E-state index contributed by atoms with van der Waals surface area (Å²) in [5.74, 6) is 0.320. The molecule has 0 aliphatic heterocycles. The highest BCUT2D eigenvalue weighted by Crippen LogP contribution is 2.24. The van der Waals surface area contributed by atoms with E-state index in [1.165, 1.54) is 6.33 Å². The van der Waals surface area contributed by atoms with E-state index in [1.807, 2.05) is 12.1 Å². The standard InChI is InChI=1S/C20H21N7O2/c21-18(28)14-5-2-6-15-17(14)23-11-24-19(15)22-10-12-3-1-4-13(9-12)26-20(29)16-7-8-25-27-16/h1-2,4-9,11-12,20,26,29H,3,10H2,(H2,21,28)(H,25,27)(H,22,23,24). The first-order valence-electron chi connectivity index (χ1n) is 9.21. The van der Waals surface area contributed by atoms with Gasteiger partial charge in [-0.2, -0.15) is 5.10 Å². The number of primary amides is 1. The highest BCUT2D eigenvalue weighted by molar-refractivity contribution is 6.06. The highest BCUT2D eigenvalue weighted by atomic mass is 16.3. The number of para-hydroxylation sites is 1. The number of carbonyl (C=O) groups excluding carboxylic acids is 1. The van der Waals surface area contributed by atoms with E-state index in [4.69, 9.17) is 5.73 Å². The molecule has 0 fully saturated rings. The Bertz CT molecular complexity index is 1080. The van der Waals surface area contributed by atoms with Crippen LogP contribution in [0.5, 0.6) is 0 Å². The van der Waals surface area contributed by atoms with E-state index in [0.29, 0.717) is 29.1 Å². The van der Waals surface area contributed by atoms with Crippen LogP contribution in [0.1, 0.15) is 28.7 Å². The molecule has 3 aromatic rings. The molecule has 4 rings (SSSR count). The van der Waals surface area contributed by atoms with Crippen molar-refractivity contribution in [3.63, 3.8) is 0 Å². The number of aromatic amines is 1. The topological polar surface area (TPSA) is 142 Å². The average Bonchev–Trinajstić information content (AvgIpc) is 3.27. The Morgan fingerprint density at radius 3 is 3.03 bits per heavy atom. The Balaban J connectivity index is 1.46. The summed E-state index contributed by atoms with van der Waals surface area (Å²) in [7, 11) is 0. The predicted molar refractivity (Wildman–Crippen MR) is 109 cm³/mol. The lowest BCUT2D eigenvalue weighted by atomic mass is 9.99. The molecule has 0 bridgehead atoms. The number of carbonyl (C=O) groups is 1. The van der Waals surface area contributed by atoms with E-state index >= 15 is 0 Å². The molecule has 148 valence electrons. The van der Waals surface area contributed by atoms with Crippen molar-refractivity contribution in [2.45, 2.75) is 12.6 Å². The summed E-state index contributed by atoms with van der Waals surface area (Å²) in [6.45, 7) is 0.628. The number of anilines is 1. The number of rotatable bonds is 7. The monoisotopic (exact) mass is 391 g/mol. The summed E-state index contributed by atoms with van der Waals surface area (Å²) >= 11 is 0. The van der Waals surface area contributed by atoms with Gasteiger partial charge in [0, 0.05) is 23.8 Å². The number of aromatic nitrogens is 4. The lowest BCUT2D eigenvalue weighted by Gasteiger charge is -2.21. The number of allylic oxidation sites excluding steroid dienone is 2. The Labute approximate surface area is 166 Å². The lowest BCUT2D eigenvalue weighted by Crippen LogP contribution is -2.23. The molecule has 2 unspecified atom stereocenters. The largest absolute Gasteiger partial charge is 0.369 e. The van der Waals surface area contributed by atoms with Crippen LogP contribution in [0.3, 0.4) is 0 Å². The Hall–Kier alpha value is -3.72. The summed E-state index contributed by atoms with van der Waals surface area (Å²) in [6.07, 6.45) is 9.05. The average molecular weight is 391 g/mol. The van der Waals surface area contributed by atoms with Crippen LogP contribution >= 0.6 is 0 Å². The van der Waals surface area contributed by atoms with Crippen molar-refractivity contribution in [3.05, 3.63) is 72.0 Å². The van der Waals surface area contributed by atoms with Crippen LogP contribution in [-0.2, 0) is 0 Å². The SMILES string of the molecule is NC(=O)c1cccc2c(NCC3C=C(NC(O)c4ccn[nH]4)C=CC3)ncnc12. The number of hydrogen-bond acceptors (Lipinski definition) is 7. The second-order valence-corrected chi connectivity index (χ2v) is 6.75. The fraction of sp³-hybridized carbons (Fsp3) is 0.200. The second-order valence-electron chi connectivity index (χ2n) is 6.75. The minimum absolute atomic E-state index is 0.195. The number of benzene rings is 1. The summed E-state index contributed by atoms with van der Waals surface area (Å²) in [5.41, 5.74) is 7.76. The molecule has 9 nitrogen and oxygen atoms in total. The van der Waals surface area contributed by atoms with Crippen LogP contribution in [0.4, 0.5) is 5.82 Å². The van der Waals surface area contributed by atoms with Crippen molar-refractivity contribution < 1.29 is 9.90 Å². The van der Waals surface area contributed by atoms with Crippen molar-refractivity contribution in [1.29, 1.82) is 0 Å². The van der Waals surface area contributed by atoms with Gasteiger partial charge in [-0.25, -0.2) is 9.97 Å². The zero-order valence-corrected chi connectivity index (χ0v) is 15.5. The first kappa shape index (κ1) is 18.6. The van der Waals surface area contributed by atoms with Crippen molar-refractivity contribution in [2.75, 3.05) is 11.9 Å². The molecular weight excluding hydrogens is 370 g/mol. The quantitative estimate of drug-likeness (QED) is 0.385. The molecule has 29 heavy (non-hydrogen) atoms. The third-order valence-electron chi connectivity index (χ3n) is 4.73. The van der Waals surface area contributed by atoms with Crippen LogP contribution in [0.25, 0.3) is 10.9 Å². The summed E-state index contributed by atoms with van der Waals surface area (Å²) in [6, 6.07) is 6.98. The first-order valence-corrected chi connectivity index (χ1v) is 9.21. The molecular formula is C20H21N7O2. The number of amides is 1. The minimum Gasteiger partial charge on any atom is -0.369 e. The van der Waals surface area contributed by atoms with E-state index in [9.17, 15) is 9.90 Å². The van der Waals surface area contributed by atoms with Crippen LogP contribution in [0.2, 0.25) is 0 Å². The van der Waals surface area contributed by atoms with Gasteiger partial charge in [-0.1, -0.05) is 18.2 Å². The molecule has 6 N–H and O–H groups in total. The Morgan fingerprint density at radius 2 is 2.24 bits per heavy atom. The molecule has 1 amide bonds. The highest BCUT2D eigenvalue weighted by Gasteiger charge is 2.15. The van der Waals surface area contributed by atoms with Gasteiger partial charge in [-0.3, -0.25) is 9.89 Å². The number of H-pyrrole nitrogens is 1. The van der Waals surface area contributed by atoms with Crippen molar-refractivity contribution >= 4 is 22.6 Å². The van der Waals surface area contributed by atoms with Crippen LogP contribution < -0.4 is 16.4 Å². The number of nitrogens with two attached hydrogens (primary N) is 1. The van der Waals surface area contributed by atoms with Crippen molar-refractivity contribution in [1.82, 2.24) is 25.5 Å². The number of fused-ring (bicyclic) bond motifs is 1. The number of aliphatic hydroxyl groups is 1. The van der Waals surface area contributed by atoms with Crippen molar-refractivity contribution in [3.8, 4) is 0 Å². The molecule has 2 aromatic heterocycles. The third kappa shape index (κ3) is 4.09. The van der Waals surface area contributed by atoms with Gasteiger partial charge in [-0.15, -0.1) is 0 Å². The van der Waals surface area contributed by atoms with E-state index in [0.717, 1.165) is 17.5 Å². The van der Waals surface area contributed by atoms with Gasteiger partial charge >= 0.3 is 0 Å². The van der Waals surface area contributed by atoms with Gasteiger partial charge in [0.1, 0.15) is 12.1 Å². The second kappa shape index (κ2) is 8.11. The summed E-state index contributed by atoms with van der Waals surface area (Å²) < 4.78 is 0. The fourth-order valence-corrected chi connectivity index (χ4v) is 3.30. The Kier molecular flexibility index (Phi) is 5.21. The number of aliphatic hydroxyl groups excluding tert-OH is 1. The van der Waals surface area contributed by atoms with Gasteiger partial charge in [-0.05, 0) is 36.6 Å². The number of nitrogens with zero attached hydrogens (tertiary/aromatic N) is 3. The van der Waals surface area contributed by atoms with E-state index in [1.54, 1.807) is 24.4 Å². The molecule has 9 heteroatoms. The number of nitrogens with one attached hydrogen (secondary N) is 3. The molecule has 0 spiro atoms. The molecule has 0 saturated carbocycles. The maximum Gasteiger partial charge on any atom is 0.250 e. The summed E-state index contributed by atoms with van der Waals surface area (Å²) in [5, 5.41) is 23.9. The zero-order chi connectivity index (χ0) is 20.2. The molecule has 1 aromatic carbocycles. The normalized spacial score (nSPS) is 17.0. The van der Waals surface area contributed by atoms with E-state index < -0.39 is 12.1 Å². The summed E-state index contributed by atoms with van der Waals surface area (Å²) in [4.78, 5) is 20.2. The smallest absolute Gasteiger partial charge is 0.250 e. The lowest BCUT2D eigenvalue weighted by molar-refractivity contribution is 0.100. The van der Waals surface area contributed by atoms with Crippen molar-refractivity contribution in [2.24, 2.45) is 11.7 Å². The maximum absolute atomic E-state index is 11.6. The van der Waals surface area contributed by atoms with Gasteiger partial charge in [0.2, 0.25) is 0 Å². The van der Waals surface area contributed by atoms with Crippen LogP contribution in [0.15, 0.2) is 60.7 Å². The molecule has 1 aliphatic rings. The van der Waals surface area contributed by atoms with E-state index in [-0.39, 0.29) is 5.92 Å². The van der Waals surface area contributed by atoms with Gasteiger partial charge in [0.25, 0.3) is 5.91 Å². The third-order valence-corrected chi connectivity index (χ3v) is 4.73. The maximum atomic E-state index is 11.6. The molecule has 0 saturated heterocycles. The zero-order valence-electron chi connectivity index (χ0n) is 15.5. The Morgan fingerprint density at radius 1 is 1.34 bits per heavy atom. The predicted octanol–water partition coefficient (Wildman–Crippen LogP) is 1.60. The van der Waals surface area contributed by atoms with E-state index in [2.05, 4.69) is 43.0 Å². The fourth-order valence-electron chi connectivity index (χ4n) is 3.30. The van der Waals surface area contributed by atoms with Gasteiger partial charge in [0.05, 0.1) is 16.8 Å². The van der Waals surface area contributed by atoms with Gasteiger partial charge < -0.3 is 21.5 Å². The first-order chi connectivity index (χ1) is 14.1. The molecule has 2 atom stereocenters.